The summed E-state index contributed by atoms with van der Waals surface area (Å²) in [5.74, 6) is 0. The Labute approximate surface area is 110 Å². The molecule has 0 bridgehead atoms. The summed E-state index contributed by atoms with van der Waals surface area (Å²) < 4.78 is 5.39. The minimum absolute atomic E-state index is 0.0292. The number of hydrogen-bond acceptors (Lipinski definition) is 5. The van der Waals surface area contributed by atoms with E-state index in [1.54, 1.807) is 0 Å². The highest BCUT2D eigenvalue weighted by Crippen LogP contribution is 2.16. The van der Waals surface area contributed by atoms with E-state index in [1.807, 2.05) is 6.92 Å². The van der Waals surface area contributed by atoms with Gasteiger partial charge < -0.3 is 10.1 Å². The third-order valence-corrected chi connectivity index (χ3v) is 3.86. The van der Waals surface area contributed by atoms with Crippen molar-refractivity contribution >= 4 is 0 Å². The summed E-state index contributed by atoms with van der Waals surface area (Å²) in [6.45, 7) is 9.84. The van der Waals surface area contributed by atoms with Crippen LogP contribution in [0.2, 0.25) is 0 Å². The Morgan fingerprint density at radius 2 is 2.17 bits per heavy atom. The lowest BCUT2D eigenvalue weighted by molar-refractivity contribution is 0.0184. The number of ether oxygens (including phenoxy) is 1. The molecule has 18 heavy (non-hydrogen) atoms. The summed E-state index contributed by atoms with van der Waals surface area (Å²) in [4.78, 5) is 4.95. The quantitative estimate of drug-likeness (QED) is 0.740. The zero-order chi connectivity index (χ0) is 12.8. The second-order valence-corrected chi connectivity index (χ2v) is 5.09. The van der Waals surface area contributed by atoms with E-state index in [0.29, 0.717) is 6.04 Å². The van der Waals surface area contributed by atoms with Crippen molar-refractivity contribution in [1.29, 1.82) is 5.26 Å². The molecule has 2 aliphatic heterocycles. The number of rotatable bonds is 5. The number of nitriles is 1. The first-order chi connectivity index (χ1) is 8.83. The molecular weight excluding hydrogens is 228 g/mol. The molecular formula is C13H24N4O. The summed E-state index contributed by atoms with van der Waals surface area (Å²) in [6.07, 6.45) is 1.23. The number of likely N-dealkylation sites (tertiary alicyclic amines) is 1. The van der Waals surface area contributed by atoms with Crippen molar-refractivity contribution in [2.75, 3.05) is 52.5 Å². The van der Waals surface area contributed by atoms with Crippen LogP contribution in [0.25, 0.3) is 0 Å². The van der Waals surface area contributed by atoms with Crippen LogP contribution in [0.4, 0.5) is 0 Å². The Morgan fingerprint density at radius 3 is 2.83 bits per heavy atom. The molecule has 2 saturated heterocycles. The van der Waals surface area contributed by atoms with Gasteiger partial charge in [-0.05, 0) is 19.5 Å². The molecule has 0 amide bonds. The van der Waals surface area contributed by atoms with Crippen LogP contribution in [0.15, 0.2) is 0 Å². The molecule has 0 aromatic carbocycles. The predicted octanol–water partition coefficient (Wildman–Crippen LogP) is -0.105. The number of likely N-dealkylation sites (N-methyl/N-ethyl adjacent to an activating group) is 1. The highest BCUT2D eigenvalue weighted by atomic mass is 16.5. The van der Waals surface area contributed by atoms with Crippen molar-refractivity contribution in [2.45, 2.75) is 25.4 Å². The van der Waals surface area contributed by atoms with Gasteiger partial charge in [-0.25, -0.2) is 0 Å². The topological polar surface area (TPSA) is 51.5 Å². The minimum atomic E-state index is -0.0292. The van der Waals surface area contributed by atoms with E-state index in [9.17, 15) is 0 Å². The average molecular weight is 252 g/mol. The third-order valence-electron chi connectivity index (χ3n) is 3.86. The van der Waals surface area contributed by atoms with E-state index in [2.05, 4.69) is 21.2 Å². The van der Waals surface area contributed by atoms with E-state index >= 15 is 0 Å². The van der Waals surface area contributed by atoms with Crippen LogP contribution in [0, 0.1) is 11.3 Å². The molecule has 5 heteroatoms. The Morgan fingerprint density at radius 1 is 1.39 bits per heavy atom. The van der Waals surface area contributed by atoms with E-state index in [1.165, 1.54) is 6.42 Å². The summed E-state index contributed by atoms with van der Waals surface area (Å²) in [5.41, 5.74) is 0. The van der Waals surface area contributed by atoms with Crippen LogP contribution in [-0.2, 0) is 4.74 Å². The SMILES string of the molecule is CCNC(C#N)CN1CCC(N2CCOCC2)C1. The maximum Gasteiger partial charge on any atom is 0.108 e. The molecule has 0 radical (unpaired) electrons. The largest absolute Gasteiger partial charge is 0.379 e. The van der Waals surface area contributed by atoms with Crippen molar-refractivity contribution in [3.05, 3.63) is 0 Å². The molecule has 2 aliphatic rings. The lowest BCUT2D eigenvalue weighted by atomic mass is 10.2. The Kier molecular flexibility index (Phi) is 5.39. The number of hydrogen-bond donors (Lipinski definition) is 1. The van der Waals surface area contributed by atoms with Gasteiger partial charge in [0, 0.05) is 32.2 Å². The van der Waals surface area contributed by atoms with E-state index in [-0.39, 0.29) is 6.04 Å². The molecule has 0 aromatic heterocycles. The van der Waals surface area contributed by atoms with Gasteiger partial charge in [-0.1, -0.05) is 6.92 Å². The molecule has 2 heterocycles. The van der Waals surface area contributed by atoms with E-state index in [0.717, 1.165) is 52.5 Å². The second-order valence-electron chi connectivity index (χ2n) is 5.09. The van der Waals surface area contributed by atoms with Gasteiger partial charge in [-0.2, -0.15) is 5.26 Å². The van der Waals surface area contributed by atoms with Gasteiger partial charge in [0.15, 0.2) is 0 Å². The van der Waals surface area contributed by atoms with E-state index < -0.39 is 0 Å². The summed E-state index contributed by atoms with van der Waals surface area (Å²) in [5, 5.41) is 12.3. The molecule has 0 saturated carbocycles. The Bertz CT molecular complexity index is 285. The van der Waals surface area contributed by atoms with Crippen molar-refractivity contribution in [3.63, 3.8) is 0 Å². The fraction of sp³-hybridized carbons (Fsp3) is 0.923. The van der Waals surface area contributed by atoms with Gasteiger partial charge in [0.1, 0.15) is 6.04 Å². The second kappa shape index (κ2) is 7.05. The fourth-order valence-corrected chi connectivity index (χ4v) is 2.87. The lowest BCUT2D eigenvalue weighted by Crippen LogP contribution is -2.46. The molecule has 2 unspecified atom stereocenters. The molecule has 2 rings (SSSR count). The summed E-state index contributed by atoms with van der Waals surface area (Å²) >= 11 is 0. The van der Waals surface area contributed by atoms with Crippen LogP contribution >= 0.6 is 0 Å². The molecule has 0 aromatic rings. The summed E-state index contributed by atoms with van der Waals surface area (Å²) in [6, 6.07) is 2.97. The van der Waals surface area contributed by atoms with E-state index in [4.69, 9.17) is 10.00 Å². The fourth-order valence-electron chi connectivity index (χ4n) is 2.87. The van der Waals surface area contributed by atoms with Crippen LogP contribution in [0.3, 0.4) is 0 Å². The molecule has 0 spiro atoms. The van der Waals surface area contributed by atoms with Crippen molar-refractivity contribution in [1.82, 2.24) is 15.1 Å². The molecule has 0 aliphatic carbocycles. The van der Waals surface area contributed by atoms with Crippen molar-refractivity contribution in [2.24, 2.45) is 0 Å². The predicted molar refractivity (Wildman–Crippen MR) is 70.3 cm³/mol. The number of morpholine rings is 1. The van der Waals surface area contributed by atoms with Gasteiger partial charge in [-0.3, -0.25) is 9.80 Å². The monoisotopic (exact) mass is 252 g/mol. The van der Waals surface area contributed by atoms with Crippen LogP contribution in [-0.4, -0.2) is 74.4 Å². The molecule has 1 N–H and O–H groups in total. The lowest BCUT2D eigenvalue weighted by Gasteiger charge is -2.32. The first-order valence-corrected chi connectivity index (χ1v) is 7.00. The van der Waals surface area contributed by atoms with Crippen LogP contribution < -0.4 is 5.32 Å². The van der Waals surface area contributed by atoms with Gasteiger partial charge in [-0.15, -0.1) is 0 Å². The molecule has 102 valence electrons. The van der Waals surface area contributed by atoms with Gasteiger partial charge in [0.05, 0.1) is 19.3 Å². The average Bonchev–Trinajstić information content (AvgIpc) is 2.88. The normalized spacial score (nSPS) is 28.1. The maximum absolute atomic E-state index is 9.07. The first kappa shape index (κ1) is 13.8. The van der Waals surface area contributed by atoms with Gasteiger partial charge in [0.2, 0.25) is 0 Å². The standard InChI is InChI=1S/C13H24N4O/c1-2-15-12(9-14)10-16-4-3-13(11-16)17-5-7-18-8-6-17/h12-13,15H,2-8,10-11H2,1H3. The third kappa shape index (κ3) is 3.66. The minimum Gasteiger partial charge on any atom is -0.379 e. The molecule has 5 nitrogen and oxygen atoms in total. The van der Waals surface area contributed by atoms with Crippen LogP contribution in [0.1, 0.15) is 13.3 Å². The maximum atomic E-state index is 9.07. The number of nitrogens with one attached hydrogen (secondary N) is 1. The Balaban J connectivity index is 1.75. The smallest absolute Gasteiger partial charge is 0.108 e. The molecule has 2 atom stereocenters. The van der Waals surface area contributed by atoms with Gasteiger partial charge >= 0.3 is 0 Å². The summed E-state index contributed by atoms with van der Waals surface area (Å²) in [7, 11) is 0. The first-order valence-electron chi connectivity index (χ1n) is 7.00. The highest BCUT2D eigenvalue weighted by molar-refractivity contribution is 4.94. The van der Waals surface area contributed by atoms with Crippen LogP contribution in [0.5, 0.6) is 0 Å². The Hall–Kier alpha value is -0.670. The zero-order valence-electron chi connectivity index (χ0n) is 11.3. The highest BCUT2D eigenvalue weighted by Gasteiger charge is 2.29. The molecule has 2 fully saturated rings. The van der Waals surface area contributed by atoms with Crippen molar-refractivity contribution < 1.29 is 4.74 Å². The van der Waals surface area contributed by atoms with Gasteiger partial charge in [0.25, 0.3) is 0 Å². The van der Waals surface area contributed by atoms with Crippen molar-refractivity contribution in [3.8, 4) is 6.07 Å². The zero-order valence-corrected chi connectivity index (χ0v) is 11.3. The number of nitrogens with zero attached hydrogens (tertiary/aromatic N) is 3.